The molecule has 0 aromatic carbocycles. The van der Waals surface area contributed by atoms with Crippen LogP contribution in [0.25, 0.3) is 0 Å². The van der Waals surface area contributed by atoms with Gasteiger partial charge in [-0.05, 0) is 30.6 Å². The van der Waals surface area contributed by atoms with Crippen LogP contribution in [0.1, 0.15) is 40.0 Å². The molecule has 0 radical (unpaired) electrons. The standard InChI is InChI=1S/C12H21NO3/c1-7(2)9-5-4-8(3)6-10(9)16-12(15)11(13)14/h7-10H,4-6H2,1-3H3,(H2,13,14)/t8-,9+,10-/m0/s1. The maximum Gasteiger partial charge on any atom is 0.396 e. The minimum atomic E-state index is -0.999. The zero-order valence-electron chi connectivity index (χ0n) is 10.2. The molecule has 4 nitrogen and oxygen atoms in total. The maximum absolute atomic E-state index is 11.2. The van der Waals surface area contributed by atoms with Crippen LogP contribution in [0.5, 0.6) is 0 Å². The molecule has 0 aromatic heterocycles. The fourth-order valence-corrected chi connectivity index (χ4v) is 2.45. The Hall–Kier alpha value is -1.06. The molecular weight excluding hydrogens is 206 g/mol. The second-order valence-electron chi connectivity index (χ2n) is 5.13. The molecule has 0 aromatic rings. The van der Waals surface area contributed by atoms with Crippen LogP contribution in [-0.4, -0.2) is 18.0 Å². The zero-order valence-corrected chi connectivity index (χ0v) is 10.2. The van der Waals surface area contributed by atoms with Crippen molar-refractivity contribution in [3.05, 3.63) is 0 Å². The van der Waals surface area contributed by atoms with Crippen molar-refractivity contribution in [2.45, 2.75) is 46.1 Å². The summed E-state index contributed by atoms with van der Waals surface area (Å²) in [5.74, 6) is -0.552. The van der Waals surface area contributed by atoms with Gasteiger partial charge in [-0.3, -0.25) is 4.79 Å². The quantitative estimate of drug-likeness (QED) is 0.573. The largest absolute Gasteiger partial charge is 0.455 e. The van der Waals surface area contributed by atoms with Gasteiger partial charge in [-0.15, -0.1) is 0 Å². The highest BCUT2D eigenvalue weighted by atomic mass is 16.5. The van der Waals surface area contributed by atoms with Crippen LogP contribution in [0.4, 0.5) is 0 Å². The Morgan fingerprint density at radius 1 is 1.31 bits per heavy atom. The van der Waals surface area contributed by atoms with Crippen LogP contribution in [-0.2, 0) is 14.3 Å². The number of rotatable bonds is 2. The van der Waals surface area contributed by atoms with Crippen LogP contribution in [0.3, 0.4) is 0 Å². The molecule has 92 valence electrons. The van der Waals surface area contributed by atoms with Crippen LogP contribution >= 0.6 is 0 Å². The number of carbonyl (C=O) groups is 2. The molecule has 0 heterocycles. The molecule has 4 heteroatoms. The number of esters is 1. The number of hydrogen-bond donors (Lipinski definition) is 1. The number of primary amides is 1. The molecule has 0 saturated heterocycles. The second-order valence-corrected chi connectivity index (χ2v) is 5.13. The van der Waals surface area contributed by atoms with Crippen LogP contribution in [0.15, 0.2) is 0 Å². The van der Waals surface area contributed by atoms with Crippen molar-refractivity contribution in [1.29, 1.82) is 0 Å². The van der Waals surface area contributed by atoms with Gasteiger partial charge < -0.3 is 10.5 Å². The highest BCUT2D eigenvalue weighted by Gasteiger charge is 2.34. The summed E-state index contributed by atoms with van der Waals surface area (Å²) < 4.78 is 5.18. The molecule has 16 heavy (non-hydrogen) atoms. The van der Waals surface area contributed by atoms with E-state index in [2.05, 4.69) is 20.8 Å². The van der Waals surface area contributed by atoms with Crippen molar-refractivity contribution in [3.63, 3.8) is 0 Å². The molecule has 1 amide bonds. The van der Waals surface area contributed by atoms with Crippen molar-refractivity contribution < 1.29 is 14.3 Å². The molecular formula is C12H21NO3. The highest BCUT2D eigenvalue weighted by Crippen LogP contribution is 2.35. The number of ether oxygens (including phenoxy) is 1. The third-order valence-electron chi connectivity index (χ3n) is 3.42. The first kappa shape index (κ1) is 13.0. The van der Waals surface area contributed by atoms with E-state index in [1.165, 1.54) is 0 Å². The van der Waals surface area contributed by atoms with E-state index in [0.29, 0.717) is 17.8 Å². The van der Waals surface area contributed by atoms with E-state index in [9.17, 15) is 9.59 Å². The number of hydrogen-bond acceptors (Lipinski definition) is 3. The first-order valence-corrected chi connectivity index (χ1v) is 5.92. The van der Waals surface area contributed by atoms with E-state index in [-0.39, 0.29) is 6.10 Å². The topological polar surface area (TPSA) is 69.4 Å². The molecule has 0 aliphatic heterocycles. The molecule has 1 fully saturated rings. The van der Waals surface area contributed by atoms with E-state index in [1.807, 2.05) is 0 Å². The van der Waals surface area contributed by atoms with Crippen LogP contribution < -0.4 is 5.73 Å². The van der Waals surface area contributed by atoms with Gasteiger partial charge in [0.15, 0.2) is 0 Å². The van der Waals surface area contributed by atoms with E-state index < -0.39 is 11.9 Å². The summed E-state index contributed by atoms with van der Waals surface area (Å²) in [5, 5.41) is 0. The smallest absolute Gasteiger partial charge is 0.396 e. The Labute approximate surface area is 96.5 Å². The van der Waals surface area contributed by atoms with E-state index in [4.69, 9.17) is 10.5 Å². The first-order chi connectivity index (χ1) is 7.41. The second kappa shape index (κ2) is 5.32. The average molecular weight is 227 g/mol. The van der Waals surface area contributed by atoms with Gasteiger partial charge in [-0.25, -0.2) is 4.79 Å². The molecule has 0 spiro atoms. The molecule has 2 N–H and O–H groups in total. The van der Waals surface area contributed by atoms with Gasteiger partial charge in [-0.2, -0.15) is 0 Å². The van der Waals surface area contributed by atoms with Crippen molar-refractivity contribution in [3.8, 4) is 0 Å². The molecule has 1 rings (SSSR count). The first-order valence-electron chi connectivity index (χ1n) is 5.92. The Morgan fingerprint density at radius 3 is 2.44 bits per heavy atom. The minimum absolute atomic E-state index is 0.149. The Balaban J connectivity index is 2.64. The number of carbonyl (C=O) groups excluding carboxylic acids is 2. The highest BCUT2D eigenvalue weighted by molar-refractivity contribution is 6.31. The van der Waals surface area contributed by atoms with Gasteiger partial charge in [0, 0.05) is 0 Å². The lowest BCUT2D eigenvalue weighted by Crippen LogP contribution is -2.39. The average Bonchev–Trinajstić information content (AvgIpc) is 2.16. The third-order valence-corrected chi connectivity index (χ3v) is 3.42. The van der Waals surface area contributed by atoms with E-state index in [1.54, 1.807) is 0 Å². The molecule has 0 unspecified atom stereocenters. The summed E-state index contributed by atoms with van der Waals surface area (Å²) in [6.07, 6.45) is 2.90. The van der Waals surface area contributed by atoms with Crippen molar-refractivity contribution >= 4 is 11.9 Å². The van der Waals surface area contributed by atoms with Crippen LogP contribution in [0.2, 0.25) is 0 Å². The normalized spacial score (nSPS) is 30.1. The monoisotopic (exact) mass is 227 g/mol. The van der Waals surface area contributed by atoms with Gasteiger partial charge in [0.1, 0.15) is 6.10 Å². The van der Waals surface area contributed by atoms with Crippen molar-refractivity contribution in [2.75, 3.05) is 0 Å². The predicted molar refractivity (Wildman–Crippen MR) is 60.4 cm³/mol. The minimum Gasteiger partial charge on any atom is -0.455 e. The van der Waals surface area contributed by atoms with Gasteiger partial charge in [0.05, 0.1) is 0 Å². The summed E-state index contributed by atoms with van der Waals surface area (Å²) in [6.45, 7) is 6.37. The molecule has 0 bridgehead atoms. The Bertz CT molecular complexity index is 275. The lowest BCUT2D eigenvalue weighted by atomic mass is 9.75. The van der Waals surface area contributed by atoms with Gasteiger partial charge in [0.25, 0.3) is 0 Å². The Morgan fingerprint density at radius 2 is 1.94 bits per heavy atom. The van der Waals surface area contributed by atoms with Gasteiger partial charge in [0.2, 0.25) is 0 Å². The van der Waals surface area contributed by atoms with Gasteiger partial charge >= 0.3 is 11.9 Å². The fourth-order valence-electron chi connectivity index (χ4n) is 2.45. The third kappa shape index (κ3) is 3.22. The summed E-state index contributed by atoms with van der Waals surface area (Å²) in [5.41, 5.74) is 4.90. The lowest BCUT2D eigenvalue weighted by molar-refractivity contribution is -0.162. The van der Waals surface area contributed by atoms with E-state index in [0.717, 1.165) is 19.3 Å². The lowest BCUT2D eigenvalue weighted by Gasteiger charge is -2.36. The molecule has 1 aliphatic rings. The summed E-state index contributed by atoms with van der Waals surface area (Å²) in [6, 6.07) is 0. The number of amides is 1. The fraction of sp³-hybridized carbons (Fsp3) is 0.833. The summed E-state index contributed by atoms with van der Waals surface area (Å²) in [4.78, 5) is 21.9. The zero-order chi connectivity index (χ0) is 12.3. The van der Waals surface area contributed by atoms with Crippen molar-refractivity contribution in [1.82, 2.24) is 0 Å². The summed E-state index contributed by atoms with van der Waals surface area (Å²) >= 11 is 0. The van der Waals surface area contributed by atoms with Gasteiger partial charge in [-0.1, -0.05) is 27.2 Å². The maximum atomic E-state index is 11.2. The molecule has 1 aliphatic carbocycles. The van der Waals surface area contributed by atoms with Crippen LogP contribution in [0, 0.1) is 17.8 Å². The summed E-state index contributed by atoms with van der Waals surface area (Å²) in [7, 11) is 0. The van der Waals surface area contributed by atoms with Crippen molar-refractivity contribution in [2.24, 2.45) is 23.5 Å². The molecule has 1 saturated carbocycles. The Kier molecular flexibility index (Phi) is 4.33. The van der Waals surface area contributed by atoms with E-state index >= 15 is 0 Å². The molecule has 3 atom stereocenters. The SMILES string of the molecule is CC(C)[C@H]1CC[C@H](C)C[C@@H]1OC(=O)C(N)=O. The number of nitrogens with two attached hydrogens (primary N) is 1. The predicted octanol–water partition coefficient (Wildman–Crippen LogP) is 1.48.